The van der Waals surface area contributed by atoms with Crippen LogP contribution in [-0.4, -0.2) is 10.9 Å². The number of nitrogens with two attached hydrogens (primary N) is 1. The van der Waals surface area contributed by atoms with E-state index < -0.39 is 5.91 Å². The van der Waals surface area contributed by atoms with Gasteiger partial charge in [0.15, 0.2) is 5.76 Å². The van der Waals surface area contributed by atoms with Crippen molar-refractivity contribution in [3.63, 3.8) is 0 Å². The van der Waals surface area contributed by atoms with Gasteiger partial charge in [-0.3, -0.25) is 15.2 Å². The summed E-state index contributed by atoms with van der Waals surface area (Å²) in [5.74, 6) is 5.76. The summed E-state index contributed by atoms with van der Waals surface area (Å²) < 4.78 is 10.9. The van der Waals surface area contributed by atoms with E-state index in [4.69, 9.17) is 15.0 Å². The Morgan fingerprint density at radius 1 is 1.33 bits per heavy atom. The number of furan rings is 1. The fourth-order valence-electron chi connectivity index (χ4n) is 2.02. The molecule has 0 aliphatic rings. The van der Waals surface area contributed by atoms with Crippen LogP contribution in [0.5, 0.6) is 5.75 Å². The Morgan fingerprint density at radius 3 is 3.10 bits per heavy atom. The van der Waals surface area contributed by atoms with Gasteiger partial charge < -0.3 is 9.15 Å². The SMILES string of the molecule is NNC(=O)c1ccoc1COc1ccc2cccnc2c1. The first kappa shape index (κ1) is 13.1. The van der Waals surface area contributed by atoms with Gasteiger partial charge in [-0.1, -0.05) is 6.07 Å². The lowest BCUT2D eigenvalue weighted by Crippen LogP contribution is -2.30. The highest BCUT2D eigenvalue weighted by Gasteiger charge is 2.14. The van der Waals surface area contributed by atoms with E-state index in [1.165, 1.54) is 6.26 Å². The predicted octanol–water partition coefficient (Wildman–Crippen LogP) is 2.01. The number of nitrogens with one attached hydrogen (secondary N) is 1. The van der Waals surface area contributed by atoms with E-state index in [2.05, 4.69) is 10.4 Å². The zero-order valence-corrected chi connectivity index (χ0v) is 11.1. The van der Waals surface area contributed by atoms with E-state index in [1.807, 2.05) is 30.3 Å². The average Bonchev–Trinajstić information content (AvgIpc) is 3.00. The second-order valence-electron chi connectivity index (χ2n) is 4.38. The molecule has 0 unspecified atom stereocenters. The number of aromatic nitrogens is 1. The second kappa shape index (κ2) is 5.64. The summed E-state index contributed by atoms with van der Waals surface area (Å²) in [4.78, 5) is 15.8. The topological polar surface area (TPSA) is 90.4 Å². The van der Waals surface area contributed by atoms with E-state index >= 15 is 0 Å². The summed E-state index contributed by atoms with van der Waals surface area (Å²) in [5.41, 5.74) is 3.27. The smallest absolute Gasteiger partial charge is 0.268 e. The monoisotopic (exact) mass is 283 g/mol. The number of rotatable bonds is 4. The number of amides is 1. The van der Waals surface area contributed by atoms with Crippen LogP contribution in [0.25, 0.3) is 10.9 Å². The molecule has 0 aliphatic heterocycles. The van der Waals surface area contributed by atoms with Crippen molar-refractivity contribution in [3.05, 3.63) is 60.2 Å². The molecular formula is C15H13N3O3. The molecule has 2 aromatic heterocycles. The molecule has 6 heteroatoms. The van der Waals surface area contributed by atoms with E-state index in [-0.39, 0.29) is 6.61 Å². The molecule has 3 aromatic rings. The van der Waals surface area contributed by atoms with Crippen LogP contribution in [0, 0.1) is 0 Å². The van der Waals surface area contributed by atoms with E-state index in [9.17, 15) is 4.79 Å². The molecule has 0 spiro atoms. The minimum absolute atomic E-state index is 0.133. The number of nitrogen functional groups attached to an aromatic ring is 1. The maximum atomic E-state index is 11.5. The van der Waals surface area contributed by atoms with Gasteiger partial charge in [0, 0.05) is 17.6 Å². The number of hydrogen-bond acceptors (Lipinski definition) is 5. The lowest BCUT2D eigenvalue weighted by atomic mass is 10.2. The van der Waals surface area contributed by atoms with Crippen molar-refractivity contribution in [2.24, 2.45) is 5.84 Å². The third-order valence-electron chi connectivity index (χ3n) is 3.07. The van der Waals surface area contributed by atoms with Crippen molar-refractivity contribution in [1.29, 1.82) is 0 Å². The molecule has 0 saturated carbocycles. The lowest BCUT2D eigenvalue weighted by Gasteiger charge is -2.06. The molecule has 0 atom stereocenters. The first-order valence-corrected chi connectivity index (χ1v) is 6.33. The summed E-state index contributed by atoms with van der Waals surface area (Å²) in [6.07, 6.45) is 3.15. The Bertz CT molecular complexity index is 782. The van der Waals surface area contributed by atoms with Gasteiger partial charge in [0.25, 0.3) is 5.91 Å². The number of hydrogen-bond donors (Lipinski definition) is 2. The summed E-state index contributed by atoms with van der Waals surface area (Å²) in [5, 5.41) is 1.03. The summed E-state index contributed by atoms with van der Waals surface area (Å²) >= 11 is 0. The van der Waals surface area contributed by atoms with Gasteiger partial charge in [-0.05, 0) is 24.3 Å². The quantitative estimate of drug-likeness (QED) is 0.434. The molecule has 0 saturated heterocycles. The summed E-state index contributed by atoms with van der Waals surface area (Å²) in [6.45, 7) is 0.133. The van der Waals surface area contributed by atoms with Crippen LogP contribution in [0.1, 0.15) is 16.1 Å². The van der Waals surface area contributed by atoms with Crippen molar-refractivity contribution in [3.8, 4) is 5.75 Å². The van der Waals surface area contributed by atoms with Gasteiger partial charge in [0.05, 0.1) is 17.3 Å². The molecule has 0 aliphatic carbocycles. The van der Waals surface area contributed by atoms with Crippen molar-refractivity contribution in [2.45, 2.75) is 6.61 Å². The maximum absolute atomic E-state index is 11.5. The van der Waals surface area contributed by atoms with Crippen molar-refractivity contribution in [2.75, 3.05) is 0 Å². The Hall–Kier alpha value is -2.86. The molecule has 1 amide bonds. The minimum Gasteiger partial charge on any atom is -0.486 e. The molecule has 21 heavy (non-hydrogen) atoms. The van der Waals surface area contributed by atoms with Crippen LogP contribution < -0.4 is 16.0 Å². The number of fused-ring (bicyclic) bond motifs is 1. The third-order valence-corrected chi connectivity index (χ3v) is 3.07. The van der Waals surface area contributed by atoms with Crippen LogP contribution in [0.15, 0.2) is 53.3 Å². The summed E-state index contributed by atoms with van der Waals surface area (Å²) in [7, 11) is 0. The van der Waals surface area contributed by atoms with Crippen LogP contribution >= 0.6 is 0 Å². The van der Waals surface area contributed by atoms with Gasteiger partial charge >= 0.3 is 0 Å². The lowest BCUT2D eigenvalue weighted by molar-refractivity contribution is 0.0949. The zero-order chi connectivity index (χ0) is 14.7. The van der Waals surface area contributed by atoms with Gasteiger partial charge in [-0.2, -0.15) is 0 Å². The average molecular weight is 283 g/mol. The number of benzene rings is 1. The van der Waals surface area contributed by atoms with Crippen molar-refractivity contribution in [1.82, 2.24) is 10.4 Å². The van der Waals surface area contributed by atoms with E-state index in [0.29, 0.717) is 17.1 Å². The largest absolute Gasteiger partial charge is 0.486 e. The predicted molar refractivity (Wildman–Crippen MR) is 76.4 cm³/mol. The molecule has 6 nitrogen and oxygen atoms in total. The molecule has 1 aromatic carbocycles. The van der Waals surface area contributed by atoms with E-state index in [1.54, 1.807) is 12.3 Å². The Kier molecular flexibility index (Phi) is 3.53. The number of carbonyl (C=O) groups excluding carboxylic acids is 1. The number of nitrogens with zero attached hydrogens (tertiary/aromatic N) is 1. The molecule has 3 rings (SSSR count). The molecule has 0 radical (unpaired) electrons. The van der Waals surface area contributed by atoms with Crippen LogP contribution in [0.4, 0.5) is 0 Å². The highest BCUT2D eigenvalue weighted by molar-refractivity contribution is 5.94. The van der Waals surface area contributed by atoms with Crippen LogP contribution in [-0.2, 0) is 6.61 Å². The Labute approximate surface area is 120 Å². The standard InChI is InChI=1S/C15H13N3O3/c16-18-15(19)12-5-7-20-14(12)9-21-11-4-3-10-2-1-6-17-13(10)8-11/h1-8H,9,16H2,(H,18,19). The highest BCUT2D eigenvalue weighted by Crippen LogP contribution is 2.20. The molecule has 3 N–H and O–H groups in total. The van der Waals surface area contributed by atoms with Crippen molar-refractivity contribution >= 4 is 16.8 Å². The van der Waals surface area contributed by atoms with Crippen LogP contribution in [0.3, 0.4) is 0 Å². The first-order chi connectivity index (χ1) is 10.3. The van der Waals surface area contributed by atoms with E-state index in [0.717, 1.165) is 10.9 Å². The van der Waals surface area contributed by atoms with Gasteiger partial charge in [-0.15, -0.1) is 0 Å². The van der Waals surface area contributed by atoms with Gasteiger partial charge in [-0.25, -0.2) is 5.84 Å². The summed E-state index contributed by atoms with van der Waals surface area (Å²) in [6, 6.07) is 11.0. The maximum Gasteiger partial charge on any atom is 0.268 e. The fraction of sp³-hybridized carbons (Fsp3) is 0.0667. The molecule has 0 bridgehead atoms. The molecule has 2 heterocycles. The number of hydrazine groups is 1. The zero-order valence-electron chi connectivity index (χ0n) is 11.1. The van der Waals surface area contributed by atoms with Gasteiger partial charge in [0.2, 0.25) is 0 Å². The first-order valence-electron chi connectivity index (χ1n) is 6.33. The highest BCUT2D eigenvalue weighted by atomic mass is 16.5. The fourth-order valence-corrected chi connectivity index (χ4v) is 2.02. The third kappa shape index (κ3) is 2.70. The normalized spacial score (nSPS) is 10.5. The molecule has 106 valence electrons. The number of carbonyl (C=O) groups is 1. The minimum atomic E-state index is -0.414. The molecular weight excluding hydrogens is 270 g/mol. The Balaban J connectivity index is 1.77. The second-order valence-corrected chi connectivity index (χ2v) is 4.38. The van der Waals surface area contributed by atoms with Gasteiger partial charge in [0.1, 0.15) is 12.4 Å². The number of pyridine rings is 1. The van der Waals surface area contributed by atoms with Crippen LogP contribution in [0.2, 0.25) is 0 Å². The molecule has 0 fully saturated rings. The van der Waals surface area contributed by atoms with Crippen molar-refractivity contribution < 1.29 is 13.9 Å². The number of ether oxygens (including phenoxy) is 1. The Morgan fingerprint density at radius 2 is 2.24 bits per heavy atom.